The van der Waals surface area contributed by atoms with Gasteiger partial charge in [0.15, 0.2) is 5.82 Å². The maximum Gasteiger partial charge on any atom is 0.230 e. The van der Waals surface area contributed by atoms with Gasteiger partial charge in [0.05, 0.1) is 18.8 Å². The van der Waals surface area contributed by atoms with Crippen molar-refractivity contribution in [2.45, 2.75) is 52.2 Å². The van der Waals surface area contributed by atoms with E-state index in [1.165, 1.54) is 0 Å². The molecule has 0 aromatic carbocycles. The Bertz CT molecular complexity index is 387. The molecule has 1 aromatic heterocycles. The van der Waals surface area contributed by atoms with Gasteiger partial charge in [-0.25, -0.2) is 0 Å². The van der Waals surface area contributed by atoms with Crippen LogP contribution >= 0.6 is 0 Å². The van der Waals surface area contributed by atoms with Crippen molar-refractivity contribution in [1.29, 1.82) is 0 Å². The molecule has 0 amide bonds. The maximum absolute atomic E-state index is 5.93. The topological polar surface area (TPSA) is 74.2 Å². The van der Waals surface area contributed by atoms with Crippen LogP contribution in [0.25, 0.3) is 0 Å². The predicted molar refractivity (Wildman–Crippen MR) is 63.5 cm³/mol. The Hall–Kier alpha value is -0.940. The number of hydrogen-bond acceptors (Lipinski definition) is 5. The number of rotatable bonds is 5. The fraction of sp³-hybridized carbons (Fsp3) is 0.833. The molecular formula is C12H21N3O2. The number of aromatic nitrogens is 2. The van der Waals surface area contributed by atoms with Gasteiger partial charge in [-0.05, 0) is 25.7 Å². The molecule has 0 spiro atoms. The fourth-order valence-corrected chi connectivity index (χ4v) is 1.80. The number of nitrogens with two attached hydrogens (primary N) is 1. The Balaban J connectivity index is 1.94. The van der Waals surface area contributed by atoms with E-state index in [-0.39, 0.29) is 12.1 Å². The Morgan fingerprint density at radius 2 is 2.18 bits per heavy atom. The largest absolute Gasteiger partial charge is 0.377 e. The summed E-state index contributed by atoms with van der Waals surface area (Å²) in [6.07, 6.45) is 1.27. The molecule has 1 heterocycles. The van der Waals surface area contributed by atoms with E-state index in [1.807, 2.05) is 13.8 Å². The predicted octanol–water partition coefficient (Wildman–Crippen LogP) is 2.01. The summed E-state index contributed by atoms with van der Waals surface area (Å²) in [5, 5.41) is 3.93. The highest BCUT2D eigenvalue weighted by Gasteiger charge is 2.50. The third-order valence-corrected chi connectivity index (χ3v) is 3.21. The molecule has 1 aromatic rings. The molecule has 5 heteroatoms. The summed E-state index contributed by atoms with van der Waals surface area (Å²) in [4.78, 5) is 4.36. The second-order valence-corrected chi connectivity index (χ2v) is 5.72. The second-order valence-electron chi connectivity index (χ2n) is 5.72. The molecular weight excluding hydrogens is 218 g/mol. The van der Waals surface area contributed by atoms with Crippen LogP contribution in [0.3, 0.4) is 0 Å². The van der Waals surface area contributed by atoms with E-state index >= 15 is 0 Å². The first-order valence-corrected chi connectivity index (χ1v) is 6.11. The van der Waals surface area contributed by atoms with E-state index in [0.29, 0.717) is 29.7 Å². The zero-order valence-electron chi connectivity index (χ0n) is 10.9. The van der Waals surface area contributed by atoms with Gasteiger partial charge in [-0.3, -0.25) is 0 Å². The molecule has 0 radical (unpaired) electrons. The number of nitrogens with zero attached hydrogens (tertiary/aromatic N) is 2. The summed E-state index contributed by atoms with van der Waals surface area (Å²) in [6, 6.07) is -0.309. The molecule has 1 saturated carbocycles. The first-order valence-electron chi connectivity index (χ1n) is 6.11. The SMILES string of the molecule is CC(C)OCC(N)c1noc(C2CC2(C)C)n1. The van der Waals surface area contributed by atoms with Gasteiger partial charge < -0.3 is 15.0 Å². The zero-order valence-corrected chi connectivity index (χ0v) is 10.9. The molecule has 2 N–H and O–H groups in total. The first-order chi connectivity index (χ1) is 7.90. The fourth-order valence-electron chi connectivity index (χ4n) is 1.80. The van der Waals surface area contributed by atoms with Crippen molar-refractivity contribution in [1.82, 2.24) is 10.1 Å². The van der Waals surface area contributed by atoms with Crippen molar-refractivity contribution >= 4 is 0 Å². The molecule has 1 aliphatic rings. The van der Waals surface area contributed by atoms with Crippen LogP contribution in [0.4, 0.5) is 0 Å². The lowest BCUT2D eigenvalue weighted by Crippen LogP contribution is -2.20. The van der Waals surface area contributed by atoms with E-state index in [2.05, 4.69) is 24.0 Å². The summed E-state index contributed by atoms with van der Waals surface area (Å²) in [6.45, 7) is 8.76. The lowest BCUT2D eigenvalue weighted by Gasteiger charge is -2.10. The molecule has 0 aliphatic heterocycles. The maximum atomic E-state index is 5.93. The van der Waals surface area contributed by atoms with Gasteiger partial charge in [0.25, 0.3) is 0 Å². The minimum absolute atomic E-state index is 0.162. The Morgan fingerprint density at radius 1 is 1.53 bits per heavy atom. The average molecular weight is 239 g/mol. The molecule has 2 rings (SSSR count). The summed E-state index contributed by atoms with van der Waals surface area (Å²) in [5.41, 5.74) is 6.23. The van der Waals surface area contributed by atoms with E-state index < -0.39 is 0 Å². The van der Waals surface area contributed by atoms with Crippen LogP contribution in [0.15, 0.2) is 4.52 Å². The van der Waals surface area contributed by atoms with Crippen molar-refractivity contribution in [3.63, 3.8) is 0 Å². The minimum atomic E-state index is -0.309. The lowest BCUT2D eigenvalue weighted by atomic mass is 10.1. The molecule has 2 atom stereocenters. The van der Waals surface area contributed by atoms with Gasteiger partial charge in [-0.15, -0.1) is 0 Å². The van der Waals surface area contributed by atoms with E-state index in [0.717, 1.165) is 6.42 Å². The molecule has 5 nitrogen and oxygen atoms in total. The number of ether oxygens (including phenoxy) is 1. The lowest BCUT2D eigenvalue weighted by molar-refractivity contribution is 0.0665. The average Bonchev–Trinajstić information content (AvgIpc) is 2.70. The van der Waals surface area contributed by atoms with Gasteiger partial charge in [-0.1, -0.05) is 19.0 Å². The minimum Gasteiger partial charge on any atom is -0.377 e. The van der Waals surface area contributed by atoms with Crippen molar-refractivity contribution < 1.29 is 9.26 Å². The van der Waals surface area contributed by atoms with Crippen molar-refractivity contribution in [2.75, 3.05) is 6.61 Å². The quantitative estimate of drug-likeness (QED) is 0.850. The van der Waals surface area contributed by atoms with Crippen LogP contribution in [-0.4, -0.2) is 22.9 Å². The third-order valence-electron chi connectivity index (χ3n) is 3.21. The number of hydrogen-bond donors (Lipinski definition) is 1. The van der Waals surface area contributed by atoms with Gasteiger partial charge in [0, 0.05) is 5.92 Å². The van der Waals surface area contributed by atoms with E-state index in [9.17, 15) is 0 Å². The molecule has 1 aliphatic carbocycles. The van der Waals surface area contributed by atoms with E-state index in [4.69, 9.17) is 15.0 Å². The Labute approximate surface area is 102 Å². The van der Waals surface area contributed by atoms with Crippen molar-refractivity contribution in [2.24, 2.45) is 11.1 Å². The van der Waals surface area contributed by atoms with Gasteiger partial charge in [0.2, 0.25) is 5.89 Å². The highest BCUT2D eigenvalue weighted by Crippen LogP contribution is 2.58. The van der Waals surface area contributed by atoms with Gasteiger partial charge in [-0.2, -0.15) is 4.98 Å². The first kappa shape index (κ1) is 12.5. The summed E-state index contributed by atoms with van der Waals surface area (Å²) >= 11 is 0. The van der Waals surface area contributed by atoms with Gasteiger partial charge in [0.1, 0.15) is 0 Å². The van der Waals surface area contributed by atoms with Crippen LogP contribution in [-0.2, 0) is 4.74 Å². The molecule has 17 heavy (non-hydrogen) atoms. The van der Waals surface area contributed by atoms with Crippen molar-refractivity contribution in [3.05, 3.63) is 11.7 Å². The molecule has 2 unspecified atom stereocenters. The van der Waals surface area contributed by atoms with Crippen LogP contribution in [0, 0.1) is 5.41 Å². The molecule has 0 saturated heterocycles. The third kappa shape index (κ3) is 2.84. The highest BCUT2D eigenvalue weighted by atomic mass is 16.5. The molecule has 0 bridgehead atoms. The highest BCUT2D eigenvalue weighted by molar-refractivity contribution is 5.13. The van der Waals surface area contributed by atoms with Crippen LogP contribution in [0.1, 0.15) is 57.8 Å². The molecule has 1 fully saturated rings. The Kier molecular flexibility index (Phi) is 3.23. The standard InChI is InChI=1S/C12H21N3O2/c1-7(2)16-6-9(13)10-14-11(17-15-10)8-5-12(8,3)4/h7-9H,5-6,13H2,1-4H3. The van der Waals surface area contributed by atoms with Crippen LogP contribution in [0.2, 0.25) is 0 Å². The van der Waals surface area contributed by atoms with Crippen molar-refractivity contribution in [3.8, 4) is 0 Å². The monoisotopic (exact) mass is 239 g/mol. The summed E-state index contributed by atoms with van der Waals surface area (Å²) in [5.74, 6) is 1.65. The second kappa shape index (κ2) is 4.38. The summed E-state index contributed by atoms with van der Waals surface area (Å²) < 4.78 is 10.7. The van der Waals surface area contributed by atoms with Gasteiger partial charge >= 0.3 is 0 Å². The van der Waals surface area contributed by atoms with Crippen LogP contribution in [0.5, 0.6) is 0 Å². The zero-order chi connectivity index (χ0) is 12.6. The van der Waals surface area contributed by atoms with Crippen LogP contribution < -0.4 is 5.73 Å². The Morgan fingerprint density at radius 3 is 2.71 bits per heavy atom. The molecule has 96 valence electrons. The van der Waals surface area contributed by atoms with E-state index in [1.54, 1.807) is 0 Å². The smallest absolute Gasteiger partial charge is 0.230 e. The normalized spacial score (nSPS) is 24.0. The summed E-state index contributed by atoms with van der Waals surface area (Å²) in [7, 11) is 0.